The molecule has 2 aliphatic rings. The van der Waals surface area contributed by atoms with E-state index in [1.807, 2.05) is 47.4 Å². The second-order valence-corrected chi connectivity index (χ2v) is 9.40. The van der Waals surface area contributed by atoms with Gasteiger partial charge in [0.1, 0.15) is 0 Å². The summed E-state index contributed by atoms with van der Waals surface area (Å²) in [4.78, 5) is 32.5. The van der Waals surface area contributed by atoms with Gasteiger partial charge in [0.25, 0.3) is 11.8 Å². The normalized spacial score (nSPS) is 17.9. The van der Waals surface area contributed by atoms with Crippen molar-refractivity contribution in [3.63, 3.8) is 0 Å². The third-order valence-electron chi connectivity index (χ3n) is 6.50. The summed E-state index contributed by atoms with van der Waals surface area (Å²) in [5.41, 5.74) is 2.46. The van der Waals surface area contributed by atoms with E-state index in [1.54, 1.807) is 0 Å². The molecule has 2 aromatic rings. The summed E-state index contributed by atoms with van der Waals surface area (Å²) in [5, 5.41) is 3.17. The number of halogens is 1. The van der Waals surface area contributed by atoms with Gasteiger partial charge in [-0.25, -0.2) is 0 Å². The molecule has 0 saturated carbocycles. The molecule has 2 saturated heterocycles. The van der Waals surface area contributed by atoms with Crippen LogP contribution in [-0.2, 0) is 0 Å². The number of nitrogens with one attached hydrogen (secondary N) is 1. The molecule has 4 rings (SSSR count). The van der Waals surface area contributed by atoms with Crippen LogP contribution in [0.4, 0.5) is 5.69 Å². The van der Waals surface area contributed by atoms with Crippen LogP contribution < -0.4 is 10.2 Å². The van der Waals surface area contributed by atoms with Crippen LogP contribution >= 0.6 is 15.9 Å². The summed E-state index contributed by atoms with van der Waals surface area (Å²) in [6, 6.07) is 15.6. The standard InChI is InChI=1S/C25H31BrN4O2/c1-2-28-14-16-30(17-15-28)25(32)22-8-3-4-9-23(22)29-12-10-21(11-13-29)27-24(31)19-6-5-7-20(26)18-19/h3-9,18,21H,2,10-17H2,1H3,(H,27,31). The number of rotatable bonds is 5. The maximum absolute atomic E-state index is 13.3. The Hall–Kier alpha value is -2.38. The molecule has 2 amide bonds. The van der Waals surface area contributed by atoms with E-state index in [0.717, 1.165) is 74.4 Å². The molecule has 2 aromatic carbocycles. The summed E-state index contributed by atoms with van der Waals surface area (Å²) in [7, 11) is 0. The van der Waals surface area contributed by atoms with E-state index in [1.165, 1.54) is 0 Å². The number of hydrogen-bond acceptors (Lipinski definition) is 4. The molecule has 0 spiro atoms. The molecule has 0 aliphatic carbocycles. The number of amides is 2. The number of piperidine rings is 1. The molecule has 2 fully saturated rings. The van der Waals surface area contributed by atoms with E-state index >= 15 is 0 Å². The molecule has 6 nitrogen and oxygen atoms in total. The first-order chi connectivity index (χ1) is 15.5. The quantitative estimate of drug-likeness (QED) is 0.683. The first-order valence-corrected chi connectivity index (χ1v) is 12.3. The topological polar surface area (TPSA) is 55.9 Å². The lowest BCUT2D eigenvalue weighted by Gasteiger charge is -2.37. The fourth-order valence-electron chi connectivity index (χ4n) is 4.53. The Morgan fingerprint density at radius 2 is 1.69 bits per heavy atom. The van der Waals surface area contributed by atoms with Crippen molar-refractivity contribution in [2.24, 2.45) is 0 Å². The SMILES string of the molecule is CCN1CCN(C(=O)c2ccccc2N2CCC(NC(=O)c3cccc(Br)c3)CC2)CC1. The van der Waals surface area contributed by atoms with Crippen LogP contribution in [-0.4, -0.2) is 73.5 Å². The zero-order chi connectivity index (χ0) is 22.5. The van der Waals surface area contributed by atoms with Gasteiger partial charge in [-0.1, -0.05) is 41.1 Å². The van der Waals surface area contributed by atoms with E-state index < -0.39 is 0 Å². The van der Waals surface area contributed by atoms with Crippen molar-refractivity contribution >= 4 is 33.4 Å². The van der Waals surface area contributed by atoms with Gasteiger partial charge in [-0.2, -0.15) is 0 Å². The van der Waals surface area contributed by atoms with Gasteiger partial charge in [0.2, 0.25) is 0 Å². The minimum absolute atomic E-state index is 0.0356. The monoisotopic (exact) mass is 498 g/mol. The molecule has 170 valence electrons. The second kappa shape index (κ2) is 10.5. The lowest BCUT2D eigenvalue weighted by atomic mass is 10.0. The highest BCUT2D eigenvalue weighted by Gasteiger charge is 2.27. The van der Waals surface area contributed by atoms with Gasteiger partial charge in [0.15, 0.2) is 0 Å². The average Bonchev–Trinajstić information content (AvgIpc) is 2.84. The molecule has 0 aromatic heterocycles. The Morgan fingerprint density at radius 1 is 0.969 bits per heavy atom. The second-order valence-electron chi connectivity index (χ2n) is 8.49. The molecule has 32 heavy (non-hydrogen) atoms. The lowest BCUT2D eigenvalue weighted by molar-refractivity contribution is 0.0644. The number of para-hydroxylation sites is 1. The zero-order valence-electron chi connectivity index (χ0n) is 18.6. The van der Waals surface area contributed by atoms with E-state index in [4.69, 9.17) is 0 Å². The summed E-state index contributed by atoms with van der Waals surface area (Å²) in [6.45, 7) is 8.27. The van der Waals surface area contributed by atoms with Crippen molar-refractivity contribution < 1.29 is 9.59 Å². The number of hydrogen-bond donors (Lipinski definition) is 1. The molecular weight excluding hydrogens is 468 g/mol. The Bertz CT molecular complexity index is 950. The van der Waals surface area contributed by atoms with Crippen LogP contribution in [0, 0.1) is 0 Å². The summed E-state index contributed by atoms with van der Waals surface area (Å²) in [6.07, 6.45) is 1.72. The minimum atomic E-state index is -0.0356. The number of carbonyl (C=O) groups is 2. The lowest BCUT2D eigenvalue weighted by Crippen LogP contribution is -2.49. The highest BCUT2D eigenvalue weighted by molar-refractivity contribution is 9.10. The molecule has 1 N–H and O–H groups in total. The average molecular weight is 499 g/mol. The van der Waals surface area contributed by atoms with E-state index in [-0.39, 0.29) is 17.9 Å². The maximum atomic E-state index is 13.3. The van der Waals surface area contributed by atoms with Crippen molar-refractivity contribution in [1.29, 1.82) is 0 Å². The number of likely N-dealkylation sites (N-methyl/N-ethyl adjacent to an activating group) is 1. The molecule has 2 heterocycles. The molecule has 0 radical (unpaired) electrons. The Balaban J connectivity index is 1.37. The first kappa shape index (κ1) is 22.8. The first-order valence-electron chi connectivity index (χ1n) is 11.5. The van der Waals surface area contributed by atoms with E-state index in [2.05, 4.69) is 44.0 Å². The third kappa shape index (κ3) is 5.33. The van der Waals surface area contributed by atoms with Crippen LogP contribution in [0.2, 0.25) is 0 Å². The number of piperazine rings is 1. The summed E-state index contributed by atoms with van der Waals surface area (Å²) >= 11 is 3.42. The highest BCUT2D eigenvalue weighted by atomic mass is 79.9. The number of anilines is 1. The van der Waals surface area contributed by atoms with Crippen LogP contribution in [0.15, 0.2) is 53.0 Å². The van der Waals surface area contributed by atoms with Gasteiger partial charge < -0.3 is 20.0 Å². The minimum Gasteiger partial charge on any atom is -0.371 e. The van der Waals surface area contributed by atoms with Crippen LogP contribution in [0.1, 0.15) is 40.5 Å². The molecule has 0 bridgehead atoms. The molecule has 7 heteroatoms. The predicted octanol–water partition coefficient (Wildman–Crippen LogP) is 3.63. The molecular formula is C25H31BrN4O2. The predicted molar refractivity (Wildman–Crippen MR) is 131 cm³/mol. The van der Waals surface area contributed by atoms with Crippen LogP contribution in [0.3, 0.4) is 0 Å². The Labute approximate surface area is 198 Å². The van der Waals surface area contributed by atoms with Crippen molar-refractivity contribution in [3.05, 3.63) is 64.1 Å². The maximum Gasteiger partial charge on any atom is 0.256 e. The van der Waals surface area contributed by atoms with Gasteiger partial charge >= 0.3 is 0 Å². The number of nitrogens with zero attached hydrogens (tertiary/aromatic N) is 3. The summed E-state index contributed by atoms with van der Waals surface area (Å²) < 4.78 is 0.900. The van der Waals surface area contributed by atoms with Crippen LogP contribution in [0.5, 0.6) is 0 Å². The Kier molecular flexibility index (Phi) is 7.48. The molecule has 0 atom stereocenters. The fourth-order valence-corrected chi connectivity index (χ4v) is 4.93. The van der Waals surface area contributed by atoms with E-state index in [0.29, 0.717) is 5.56 Å². The molecule has 2 aliphatic heterocycles. The largest absolute Gasteiger partial charge is 0.371 e. The van der Waals surface area contributed by atoms with Gasteiger partial charge in [-0.3, -0.25) is 9.59 Å². The van der Waals surface area contributed by atoms with Gasteiger partial charge in [0, 0.05) is 61.0 Å². The summed E-state index contributed by atoms with van der Waals surface area (Å²) in [5.74, 6) is 0.0907. The number of carbonyl (C=O) groups excluding carboxylic acids is 2. The van der Waals surface area contributed by atoms with Crippen molar-refractivity contribution in [2.75, 3.05) is 50.7 Å². The molecule has 0 unspecified atom stereocenters. The van der Waals surface area contributed by atoms with Gasteiger partial charge in [-0.05, 0) is 49.7 Å². The van der Waals surface area contributed by atoms with Crippen molar-refractivity contribution in [2.45, 2.75) is 25.8 Å². The van der Waals surface area contributed by atoms with Crippen molar-refractivity contribution in [3.8, 4) is 0 Å². The van der Waals surface area contributed by atoms with Crippen molar-refractivity contribution in [1.82, 2.24) is 15.1 Å². The zero-order valence-corrected chi connectivity index (χ0v) is 20.2. The van der Waals surface area contributed by atoms with Gasteiger partial charge in [0.05, 0.1) is 5.56 Å². The van der Waals surface area contributed by atoms with Crippen LogP contribution in [0.25, 0.3) is 0 Å². The van der Waals surface area contributed by atoms with E-state index in [9.17, 15) is 9.59 Å². The Morgan fingerprint density at radius 3 is 2.38 bits per heavy atom. The number of benzene rings is 2. The van der Waals surface area contributed by atoms with Gasteiger partial charge in [-0.15, -0.1) is 0 Å². The highest BCUT2D eigenvalue weighted by Crippen LogP contribution is 2.26. The fraction of sp³-hybridized carbons (Fsp3) is 0.440. The smallest absolute Gasteiger partial charge is 0.256 e. The third-order valence-corrected chi connectivity index (χ3v) is 6.99.